The van der Waals surface area contributed by atoms with Crippen LogP contribution in [0.15, 0.2) is 0 Å². The molecule has 0 spiro atoms. The summed E-state index contributed by atoms with van der Waals surface area (Å²) in [6.45, 7) is 0.574. The van der Waals surface area contributed by atoms with Gasteiger partial charge in [0.2, 0.25) is 0 Å². The highest BCUT2D eigenvalue weighted by Gasteiger charge is 1.83. The normalized spacial score (nSPS) is 9.43. The zero-order valence-corrected chi connectivity index (χ0v) is 5.45. The number of rotatable bonds is 4. The molecule has 0 saturated carbocycles. The van der Waals surface area contributed by atoms with Crippen molar-refractivity contribution in [1.29, 1.82) is 0 Å². The third-order valence-corrected chi connectivity index (χ3v) is 2.00. The summed E-state index contributed by atoms with van der Waals surface area (Å²) >= 11 is 0. The van der Waals surface area contributed by atoms with Crippen molar-refractivity contribution in [2.24, 2.45) is 0 Å². The molecule has 0 unspecified atom stereocenters. The van der Waals surface area contributed by atoms with Crippen LogP contribution in [0, 0.1) is 0 Å². The minimum absolute atomic E-state index is 0.287. The Morgan fingerprint density at radius 2 is 1.43 bits per heavy atom. The Bertz CT molecular complexity index is 28.9. The summed E-state index contributed by atoms with van der Waals surface area (Å²) in [6, 6.07) is 1.81. The van der Waals surface area contributed by atoms with E-state index in [1.165, 1.54) is 0 Å². The van der Waals surface area contributed by atoms with Gasteiger partial charge in [0.1, 0.15) is 0 Å². The van der Waals surface area contributed by atoms with Gasteiger partial charge in [-0.2, -0.15) is 0 Å². The average Bonchev–Trinajstić information content (AvgIpc) is 1.69. The Balaban J connectivity index is 2.45. The van der Waals surface area contributed by atoms with Crippen molar-refractivity contribution in [3.63, 3.8) is 0 Å². The van der Waals surface area contributed by atoms with Crippen LogP contribution in [0.1, 0.15) is 0 Å². The van der Waals surface area contributed by atoms with Crippen molar-refractivity contribution in [2.75, 3.05) is 13.2 Å². The highest BCUT2D eigenvalue weighted by atomic mass is 28.2. The van der Waals surface area contributed by atoms with Crippen LogP contribution in [-0.2, 0) is 0 Å². The van der Waals surface area contributed by atoms with Crippen LogP contribution in [0.5, 0.6) is 0 Å². The fraction of sp³-hybridized carbons (Fsp3) is 1.00. The lowest BCUT2D eigenvalue weighted by Gasteiger charge is -1.88. The van der Waals surface area contributed by atoms with E-state index in [1.807, 2.05) is 0 Å². The molecule has 0 rings (SSSR count). The van der Waals surface area contributed by atoms with E-state index in [4.69, 9.17) is 10.2 Å². The van der Waals surface area contributed by atoms with Crippen LogP contribution in [-0.4, -0.2) is 32.9 Å². The Morgan fingerprint density at radius 3 is 1.71 bits per heavy atom. The smallest absolute Gasteiger partial charge is 0.0402 e. The fourth-order valence-corrected chi connectivity index (χ4v) is 0.981. The SMILES string of the molecule is OCC[SiH]CCO. The van der Waals surface area contributed by atoms with Crippen LogP contribution in [0.4, 0.5) is 0 Å². The van der Waals surface area contributed by atoms with E-state index in [-0.39, 0.29) is 13.2 Å². The highest BCUT2D eigenvalue weighted by molar-refractivity contribution is 6.35. The van der Waals surface area contributed by atoms with Crippen LogP contribution >= 0.6 is 0 Å². The van der Waals surface area contributed by atoms with Gasteiger partial charge in [-0.15, -0.1) is 0 Å². The molecule has 0 heterocycles. The molecule has 0 aromatic heterocycles. The van der Waals surface area contributed by atoms with Crippen molar-refractivity contribution in [3.05, 3.63) is 0 Å². The summed E-state index contributed by atoms with van der Waals surface area (Å²) in [5.74, 6) is 0. The zero-order valence-electron chi connectivity index (χ0n) is 4.30. The molecule has 7 heavy (non-hydrogen) atoms. The molecule has 2 N–H and O–H groups in total. The van der Waals surface area contributed by atoms with Crippen molar-refractivity contribution >= 4 is 9.52 Å². The largest absolute Gasteiger partial charge is 0.397 e. The molecule has 0 atom stereocenters. The zero-order chi connectivity index (χ0) is 5.54. The van der Waals surface area contributed by atoms with Gasteiger partial charge in [0.15, 0.2) is 0 Å². The van der Waals surface area contributed by atoms with E-state index >= 15 is 0 Å². The van der Waals surface area contributed by atoms with Crippen LogP contribution in [0.2, 0.25) is 12.1 Å². The molecule has 1 radical (unpaired) electrons. The third-order valence-electron chi connectivity index (χ3n) is 0.666. The lowest BCUT2D eigenvalue weighted by Crippen LogP contribution is -1.94. The number of aliphatic hydroxyl groups excluding tert-OH is 2. The second kappa shape index (κ2) is 6.14. The van der Waals surface area contributed by atoms with Crippen LogP contribution in [0.25, 0.3) is 0 Å². The molecule has 0 aliphatic heterocycles. The molecule has 43 valence electrons. The molecule has 0 fully saturated rings. The first-order valence-corrected chi connectivity index (χ1v) is 4.08. The van der Waals surface area contributed by atoms with Crippen LogP contribution in [0.3, 0.4) is 0 Å². The summed E-state index contributed by atoms with van der Waals surface area (Å²) < 4.78 is 0. The number of hydrogen-bond acceptors (Lipinski definition) is 2. The summed E-state index contributed by atoms with van der Waals surface area (Å²) in [6.07, 6.45) is 0. The van der Waals surface area contributed by atoms with Gasteiger partial charge < -0.3 is 10.2 Å². The van der Waals surface area contributed by atoms with Gasteiger partial charge in [-0.1, -0.05) is 0 Å². The Kier molecular flexibility index (Phi) is 6.26. The highest BCUT2D eigenvalue weighted by Crippen LogP contribution is 1.80. The summed E-state index contributed by atoms with van der Waals surface area (Å²) in [5, 5.41) is 16.5. The fourth-order valence-electron chi connectivity index (χ4n) is 0.327. The van der Waals surface area contributed by atoms with E-state index in [9.17, 15) is 0 Å². The maximum absolute atomic E-state index is 8.23. The van der Waals surface area contributed by atoms with Gasteiger partial charge in [0.25, 0.3) is 0 Å². The molecule has 0 aliphatic carbocycles. The Morgan fingerprint density at radius 1 is 1.00 bits per heavy atom. The maximum Gasteiger partial charge on any atom is 0.0402 e. The van der Waals surface area contributed by atoms with Crippen molar-refractivity contribution in [1.82, 2.24) is 0 Å². The van der Waals surface area contributed by atoms with Crippen LogP contribution < -0.4 is 0 Å². The average molecular weight is 119 g/mol. The van der Waals surface area contributed by atoms with E-state index < -0.39 is 0 Å². The predicted molar refractivity (Wildman–Crippen MR) is 30.9 cm³/mol. The molecular weight excluding hydrogens is 108 g/mol. The molecule has 0 amide bonds. The molecule has 3 heteroatoms. The molecule has 2 nitrogen and oxygen atoms in total. The molecular formula is C4H11O2Si. The van der Waals surface area contributed by atoms with Gasteiger partial charge >= 0.3 is 0 Å². The standard InChI is InChI=1S/C4H11O2Si/c5-1-3-7-4-2-6/h5-7H,1-4H2. The van der Waals surface area contributed by atoms with E-state index in [1.54, 1.807) is 0 Å². The minimum atomic E-state index is 0.287. The van der Waals surface area contributed by atoms with Gasteiger partial charge in [-0.3, -0.25) is 0 Å². The second-order valence-electron chi connectivity index (χ2n) is 1.31. The van der Waals surface area contributed by atoms with Crippen molar-refractivity contribution < 1.29 is 10.2 Å². The van der Waals surface area contributed by atoms with Gasteiger partial charge in [-0.05, 0) is 12.1 Å². The predicted octanol–water partition coefficient (Wildman–Crippen LogP) is -0.756. The monoisotopic (exact) mass is 119 g/mol. The topological polar surface area (TPSA) is 40.5 Å². The lowest BCUT2D eigenvalue weighted by molar-refractivity contribution is 0.311. The molecule has 0 aromatic carbocycles. The summed E-state index contributed by atoms with van der Waals surface area (Å²) in [5.41, 5.74) is 0. The number of aliphatic hydroxyl groups is 2. The van der Waals surface area contributed by atoms with Crippen molar-refractivity contribution in [2.45, 2.75) is 12.1 Å². The second-order valence-corrected chi connectivity index (χ2v) is 3.05. The van der Waals surface area contributed by atoms with E-state index in [2.05, 4.69) is 0 Å². The molecule has 0 aromatic rings. The van der Waals surface area contributed by atoms with Crippen molar-refractivity contribution in [3.8, 4) is 0 Å². The Hall–Kier alpha value is 0.137. The number of hydrogen-bond donors (Lipinski definition) is 2. The minimum Gasteiger partial charge on any atom is -0.397 e. The molecule has 0 aliphatic rings. The quantitative estimate of drug-likeness (QED) is 0.377. The first-order valence-electron chi connectivity index (χ1n) is 2.45. The lowest BCUT2D eigenvalue weighted by atomic mass is 10.9. The summed E-state index contributed by atoms with van der Waals surface area (Å²) in [4.78, 5) is 0. The van der Waals surface area contributed by atoms with E-state index in [0.29, 0.717) is 9.52 Å². The van der Waals surface area contributed by atoms with E-state index in [0.717, 1.165) is 12.1 Å². The van der Waals surface area contributed by atoms with Gasteiger partial charge in [0.05, 0.1) is 0 Å². The van der Waals surface area contributed by atoms with Gasteiger partial charge in [0, 0.05) is 22.7 Å². The summed E-state index contributed by atoms with van der Waals surface area (Å²) in [7, 11) is 0.322. The third kappa shape index (κ3) is 6.14. The Labute approximate surface area is 46.0 Å². The first kappa shape index (κ1) is 7.14. The first-order chi connectivity index (χ1) is 3.41. The maximum atomic E-state index is 8.23. The van der Waals surface area contributed by atoms with Gasteiger partial charge in [-0.25, -0.2) is 0 Å². The molecule has 0 saturated heterocycles. The molecule has 0 bridgehead atoms.